The number of benzene rings is 2. The van der Waals surface area contributed by atoms with Gasteiger partial charge in [-0.15, -0.1) is 0 Å². The Bertz CT molecular complexity index is 976. The number of para-hydroxylation sites is 1. The molecule has 0 aromatic heterocycles. The topological polar surface area (TPSA) is 67.2 Å². The molecule has 4 nitrogen and oxygen atoms in total. The third-order valence-corrected chi connectivity index (χ3v) is 5.53. The van der Waals surface area contributed by atoms with Gasteiger partial charge >= 0.3 is 0 Å². The minimum absolute atomic E-state index is 0.0123. The Morgan fingerprint density at radius 1 is 1.24 bits per heavy atom. The van der Waals surface area contributed by atoms with Crippen LogP contribution in [0.25, 0.3) is 6.08 Å². The number of nitriles is 1. The zero-order chi connectivity index (χ0) is 18.4. The largest absolute Gasteiger partial charge is 0.489 e. The van der Waals surface area contributed by atoms with Crippen LogP contribution in [-0.2, 0) is 9.84 Å². The van der Waals surface area contributed by atoms with Crippen LogP contribution in [-0.4, -0.2) is 15.0 Å². The van der Waals surface area contributed by atoms with E-state index in [-0.39, 0.29) is 21.5 Å². The lowest BCUT2D eigenvalue weighted by molar-refractivity contribution is 0.362. The Hall–Kier alpha value is -2.26. The smallest absolute Gasteiger partial charge is 0.218 e. The number of halogens is 2. The van der Waals surface area contributed by atoms with Crippen molar-refractivity contribution in [3.63, 3.8) is 0 Å². The van der Waals surface area contributed by atoms with E-state index >= 15 is 0 Å². The van der Waals surface area contributed by atoms with Gasteiger partial charge in [0.25, 0.3) is 0 Å². The van der Waals surface area contributed by atoms with Crippen molar-refractivity contribution in [3.05, 3.63) is 75.6 Å². The van der Waals surface area contributed by atoms with Gasteiger partial charge in [0, 0.05) is 10.6 Å². The molecule has 0 saturated carbocycles. The van der Waals surface area contributed by atoms with E-state index in [1.165, 1.54) is 24.3 Å². The third kappa shape index (κ3) is 4.43. The molecule has 0 fully saturated rings. The lowest BCUT2D eigenvalue weighted by Gasteiger charge is -2.09. The number of rotatable bonds is 6. The molecule has 128 valence electrons. The Labute approximate surface area is 156 Å². The Kier molecular flexibility index (Phi) is 6.27. The summed E-state index contributed by atoms with van der Waals surface area (Å²) in [6, 6.07) is 12.5. The Morgan fingerprint density at radius 3 is 2.64 bits per heavy atom. The molecule has 0 bridgehead atoms. The zero-order valence-electron chi connectivity index (χ0n) is 12.9. The second kappa shape index (κ2) is 8.21. The predicted molar refractivity (Wildman–Crippen MR) is 99.4 cm³/mol. The van der Waals surface area contributed by atoms with E-state index < -0.39 is 14.7 Å². The quantitative estimate of drug-likeness (QED) is 0.517. The van der Waals surface area contributed by atoms with Crippen LogP contribution in [0.4, 0.5) is 0 Å². The van der Waals surface area contributed by atoms with Crippen LogP contribution in [0.3, 0.4) is 0 Å². The summed E-state index contributed by atoms with van der Waals surface area (Å²) >= 11 is 11.8. The minimum atomic E-state index is -4.13. The van der Waals surface area contributed by atoms with Crippen LogP contribution >= 0.6 is 23.2 Å². The Morgan fingerprint density at radius 2 is 1.96 bits per heavy atom. The summed E-state index contributed by atoms with van der Waals surface area (Å²) in [5.41, 5.74) is 0.447. The fraction of sp³-hybridized carbons (Fsp3) is 0.0556. The van der Waals surface area contributed by atoms with Crippen LogP contribution < -0.4 is 4.74 Å². The highest BCUT2D eigenvalue weighted by Crippen LogP contribution is 2.31. The molecule has 0 radical (unpaired) electrons. The number of ether oxygens (including phenoxy) is 1. The van der Waals surface area contributed by atoms with Crippen molar-refractivity contribution < 1.29 is 13.2 Å². The summed E-state index contributed by atoms with van der Waals surface area (Å²) in [5.74, 6) is 0.433. The number of hydrogen-bond donors (Lipinski definition) is 0. The van der Waals surface area contributed by atoms with Gasteiger partial charge in [-0.05, 0) is 30.3 Å². The molecule has 0 aliphatic heterocycles. The summed E-state index contributed by atoms with van der Waals surface area (Å²) < 4.78 is 31.0. The summed E-state index contributed by atoms with van der Waals surface area (Å²) in [7, 11) is -4.13. The van der Waals surface area contributed by atoms with Gasteiger partial charge in [0.2, 0.25) is 9.84 Å². The molecule has 25 heavy (non-hydrogen) atoms. The molecule has 0 spiro atoms. The van der Waals surface area contributed by atoms with E-state index in [1.807, 2.05) is 0 Å². The van der Waals surface area contributed by atoms with Crippen molar-refractivity contribution in [2.24, 2.45) is 0 Å². The van der Waals surface area contributed by atoms with E-state index in [2.05, 4.69) is 6.58 Å². The molecule has 0 saturated heterocycles. The van der Waals surface area contributed by atoms with Gasteiger partial charge in [-0.2, -0.15) is 5.26 Å². The highest BCUT2D eigenvalue weighted by Gasteiger charge is 2.24. The standard InChI is InChI=1S/C18H13Cl2NO3S/c1-2-9-24-17-6-4-3-5-13(17)10-15(12-21)25(22,23)18-11-14(19)7-8-16(18)20/h2-8,10-11H,1,9H2/b15-10+. The van der Waals surface area contributed by atoms with Gasteiger partial charge in [0.1, 0.15) is 23.3 Å². The molecular weight excluding hydrogens is 381 g/mol. The highest BCUT2D eigenvalue weighted by atomic mass is 35.5. The van der Waals surface area contributed by atoms with Crippen molar-refractivity contribution in [2.45, 2.75) is 4.90 Å². The molecule has 2 rings (SSSR count). The first kappa shape index (κ1) is 19.1. The van der Waals surface area contributed by atoms with Crippen LogP contribution in [0.15, 0.2) is 64.9 Å². The first-order chi connectivity index (χ1) is 11.9. The van der Waals surface area contributed by atoms with E-state index in [9.17, 15) is 13.7 Å². The molecular formula is C18H13Cl2NO3S. The highest BCUT2D eigenvalue weighted by molar-refractivity contribution is 7.95. The average molecular weight is 394 g/mol. The zero-order valence-corrected chi connectivity index (χ0v) is 15.3. The summed E-state index contributed by atoms with van der Waals surface area (Å²) in [6.07, 6.45) is 2.80. The lowest BCUT2D eigenvalue weighted by Crippen LogP contribution is -2.05. The monoisotopic (exact) mass is 393 g/mol. The maximum Gasteiger partial charge on any atom is 0.218 e. The fourth-order valence-electron chi connectivity index (χ4n) is 1.99. The molecule has 2 aromatic carbocycles. The average Bonchev–Trinajstić information content (AvgIpc) is 2.60. The van der Waals surface area contributed by atoms with Gasteiger partial charge in [-0.25, -0.2) is 8.42 Å². The van der Waals surface area contributed by atoms with Crippen molar-refractivity contribution in [2.75, 3.05) is 6.61 Å². The second-order valence-electron chi connectivity index (χ2n) is 4.84. The molecule has 0 unspecified atom stereocenters. The molecule has 0 amide bonds. The van der Waals surface area contributed by atoms with Crippen LogP contribution in [0.5, 0.6) is 5.75 Å². The third-order valence-electron chi connectivity index (χ3n) is 3.14. The van der Waals surface area contributed by atoms with Crippen molar-refractivity contribution in [3.8, 4) is 11.8 Å². The SMILES string of the molecule is C=CCOc1ccccc1/C=C(\C#N)S(=O)(=O)c1cc(Cl)ccc1Cl. The normalized spacial score (nSPS) is 11.6. The molecule has 0 N–H and O–H groups in total. The maximum atomic E-state index is 12.8. The minimum Gasteiger partial charge on any atom is -0.489 e. The number of hydrogen-bond acceptors (Lipinski definition) is 4. The summed E-state index contributed by atoms with van der Waals surface area (Å²) in [5, 5.41) is 9.57. The first-order valence-corrected chi connectivity index (χ1v) is 9.28. The molecule has 0 heterocycles. The number of allylic oxidation sites excluding steroid dienone is 1. The van der Waals surface area contributed by atoms with Crippen LogP contribution in [0.2, 0.25) is 10.0 Å². The summed E-state index contributed by atoms with van der Waals surface area (Å²) in [4.78, 5) is -0.690. The van der Waals surface area contributed by atoms with Gasteiger partial charge in [-0.3, -0.25) is 0 Å². The Balaban J connectivity index is 2.56. The van der Waals surface area contributed by atoms with Gasteiger partial charge in [0.15, 0.2) is 0 Å². The molecule has 0 aliphatic rings. The fourth-order valence-corrected chi connectivity index (χ4v) is 3.90. The van der Waals surface area contributed by atoms with Crippen molar-refractivity contribution in [1.82, 2.24) is 0 Å². The van der Waals surface area contributed by atoms with Gasteiger partial charge in [0.05, 0.1) is 9.92 Å². The molecule has 0 atom stereocenters. The van der Waals surface area contributed by atoms with Crippen molar-refractivity contribution >= 4 is 39.1 Å². The maximum absolute atomic E-state index is 12.8. The summed E-state index contributed by atoms with van der Waals surface area (Å²) in [6.45, 7) is 3.81. The first-order valence-electron chi connectivity index (χ1n) is 7.05. The van der Waals surface area contributed by atoms with Crippen LogP contribution in [0.1, 0.15) is 5.56 Å². The van der Waals surface area contributed by atoms with E-state index in [4.69, 9.17) is 27.9 Å². The van der Waals surface area contributed by atoms with E-state index in [0.29, 0.717) is 11.3 Å². The number of nitrogens with zero attached hydrogens (tertiary/aromatic N) is 1. The lowest BCUT2D eigenvalue weighted by atomic mass is 10.2. The number of sulfone groups is 1. The van der Waals surface area contributed by atoms with Gasteiger partial charge < -0.3 is 4.74 Å². The van der Waals surface area contributed by atoms with Gasteiger partial charge in [-0.1, -0.05) is 54.1 Å². The molecule has 2 aromatic rings. The molecule has 7 heteroatoms. The van der Waals surface area contributed by atoms with E-state index in [0.717, 1.165) is 0 Å². The van der Waals surface area contributed by atoms with Crippen molar-refractivity contribution in [1.29, 1.82) is 5.26 Å². The predicted octanol–water partition coefficient (Wildman–Crippen LogP) is 4.90. The van der Waals surface area contributed by atoms with Crippen LogP contribution in [0, 0.1) is 11.3 Å². The van der Waals surface area contributed by atoms with E-state index in [1.54, 1.807) is 36.4 Å². The molecule has 0 aliphatic carbocycles. The second-order valence-corrected chi connectivity index (χ2v) is 7.57.